The van der Waals surface area contributed by atoms with E-state index >= 15 is 0 Å². The molecule has 0 saturated heterocycles. The number of nitrogens with one attached hydrogen (secondary N) is 1. The van der Waals surface area contributed by atoms with Crippen LogP contribution in [-0.4, -0.2) is 28.5 Å². The molecule has 88 valence electrons. The summed E-state index contributed by atoms with van der Waals surface area (Å²) in [7, 11) is 1.35. The predicted octanol–water partition coefficient (Wildman–Crippen LogP) is 1.29. The molecular weight excluding hydrogens is 326 g/mol. The van der Waals surface area contributed by atoms with Crippen molar-refractivity contribution >= 4 is 28.6 Å². The first kappa shape index (κ1) is 13.3. The number of halogens is 2. The van der Waals surface area contributed by atoms with Crippen molar-refractivity contribution in [3.63, 3.8) is 0 Å². The standard InChI is InChI=1S/C10H12FIN2O2/c1-16-10(15)9(12)6-14-4-7-2-8(11)5-13-3-7/h2-3,5,9,14H,4,6H2,1H3. The fourth-order valence-corrected chi connectivity index (χ4v) is 1.67. The summed E-state index contributed by atoms with van der Waals surface area (Å²) < 4.78 is 17.1. The lowest BCUT2D eigenvalue weighted by atomic mass is 10.3. The number of alkyl halides is 1. The molecule has 0 aliphatic carbocycles. The zero-order valence-electron chi connectivity index (χ0n) is 8.74. The average Bonchev–Trinajstić information content (AvgIpc) is 2.28. The number of rotatable bonds is 5. The lowest BCUT2D eigenvalue weighted by Crippen LogP contribution is -2.29. The van der Waals surface area contributed by atoms with Crippen molar-refractivity contribution in [2.45, 2.75) is 10.5 Å². The molecule has 4 nitrogen and oxygen atoms in total. The highest BCUT2D eigenvalue weighted by atomic mass is 127. The lowest BCUT2D eigenvalue weighted by molar-refractivity contribution is -0.139. The highest BCUT2D eigenvalue weighted by molar-refractivity contribution is 14.1. The van der Waals surface area contributed by atoms with Crippen molar-refractivity contribution in [1.82, 2.24) is 10.3 Å². The molecule has 0 aromatic carbocycles. The quantitative estimate of drug-likeness (QED) is 0.499. The number of methoxy groups -OCH3 is 1. The molecule has 0 aliphatic heterocycles. The SMILES string of the molecule is COC(=O)C(I)CNCc1cncc(F)c1. The maximum Gasteiger partial charge on any atom is 0.319 e. The lowest BCUT2D eigenvalue weighted by Gasteiger charge is -2.08. The molecule has 0 aliphatic rings. The van der Waals surface area contributed by atoms with E-state index < -0.39 is 0 Å². The first-order chi connectivity index (χ1) is 7.63. The number of pyridine rings is 1. The number of esters is 1. The van der Waals surface area contributed by atoms with Crippen LogP contribution in [0.25, 0.3) is 0 Å². The smallest absolute Gasteiger partial charge is 0.319 e. The van der Waals surface area contributed by atoms with Crippen LogP contribution in [-0.2, 0) is 16.1 Å². The molecule has 0 spiro atoms. The number of nitrogens with zero attached hydrogens (tertiary/aromatic N) is 1. The molecule has 6 heteroatoms. The molecule has 1 unspecified atom stereocenters. The Morgan fingerprint density at radius 2 is 2.44 bits per heavy atom. The van der Waals surface area contributed by atoms with Crippen LogP contribution in [0.5, 0.6) is 0 Å². The Balaban J connectivity index is 2.33. The molecule has 1 aromatic heterocycles. The van der Waals surface area contributed by atoms with Gasteiger partial charge in [0.05, 0.1) is 13.3 Å². The maximum atomic E-state index is 12.8. The van der Waals surface area contributed by atoms with Crippen LogP contribution in [0.15, 0.2) is 18.5 Å². The molecule has 0 radical (unpaired) electrons. The van der Waals surface area contributed by atoms with Gasteiger partial charge in [0.15, 0.2) is 0 Å². The topological polar surface area (TPSA) is 51.2 Å². The van der Waals surface area contributed by atoms with Gasteiger partial charge in [0.25, 0.3) is 0 Å². The van der Waals surface area contributed by atoms with Gasteiger partial charge in [0.2, 0.25) is 0 Å². The zero-order chi connectivity index (χ0) is 12.0. The number of carbonyl (C=O) groups is 1. The van der Waals surface area contributed by atoms with Crippen LogP contribution in [0.1, 0.15) is 5.56 Å². The van der Waals surface area contributed by atoms with Gasteiger partial charge in [-0.1, -0.05) is 22.6 Å². The van der Waals surface area contributed by atoms with E-state index in [2.05, 4.69) is 15.0 Å². The predicted molar refractivity (Wildman–Crippen MR) is 65.7 cm³/mol. The van der Waals surface area contributed by atoms with Crippen LogP contribution < -0.4 is 5.32 Å². The molecule has 0 fully saturated rings. The second kappa shape index (κ2) is 6.74. The fourth-order valence-electron chi connectivity index (χ4n) is 1.11. The van der Waals surface area contributed by atoms with Gasteiger partial charge in [-0.3, -0.25) is 9.78 Å². The van der Waals surface area contributed by atoms with Crippen molar-refractivity contribution in [3.8, 4) is 0 Å². The summed E-state index contributed by atoms with van der Waals surface area (Å²) in [5.41, 5.74) is 0.744. The normalized spacial score (nSPS) is 12.2. The summed E-state index contributed by atoms with van der Waals surface area (Å²) in [4.78, 5) is 14.8. The Morgan fingerprint density at radius 3 is 3.06 bits per heavy atom. The van der Waals surface area contributed by atoms with E-state index in [1.54, 1.807) is 6.20 Å². The highest BCUT2D eigenvalue weighted by Crippen LogP contribution is 2.03. The molecule has 0 bridgehead atoms. The average molecular weight is 338 g/mol. The molecular formula is C10H12FIN2O2. The van der Waals surface area contributed by atoms with Gasteiger partial charge in [-0.25, -0.2) is 4.39 Å². The number of ether oxygens (including phenoxy) is 1. The zero-order valence-corrected chi connectivity index (χ0v) is 10.9. The van der Waals surface area contributed by atoms with E-state index in [4.69, 9.17) is 0 Å². The van der Waals surface area contributed by atoms with Gasteiger partial charge in [-0.05, 0) is 11.6 Å². The molecule has 16 heavy (non-hydrogen) atoms. The van der Waals surface area contributed by atoms with Crippen molar-refractivity contribution in [3.05, 3.63) is 29.8 Å². The Hall–Kier alpha value is -0.760. The second-order valence-electron chi connectivity index (χ2n) is 3.13. The molecule has 1 N–H and O–H groups in total. The van der Waals surface area contributed by atoms with Crippen molar-refractivity contribution in [2.75, 3.05) is 13.7 Å². The summed E-state index contributed by atoms with van der Waals surface area (Å²) in [6.45, 7) is 0.949. The fraction of sp³-hybridized carbons (Fsp3) is 0.400. The Morgan fingerprint density at radius 1 is 1.69 bits per heavy atom. The van der Waals surface area contributed by atoms with Crippen molar-refractivity contribution in [2.24, 2.45) is 0 Å². The molecule has 1 rings (SSSR count). The summed E-state index contributed by atoms with van der Waals surface area (Å²) in [5.74, 6) is -0.635. The van der Waals surface area contributed by atoms with Crippen molar-refractivity contribution < 1.29 is 13.9 Å². The molecule has 1 atom stereocenters. The third kappa shape index (κ3) is 4.40. The Labute approximate surface area is 107 Å². The molecule has 1 aromatic rings. The molecule has 0 amide bonds. The Bertz CT molecular complexity index is 362. The van der Waals surface area contributed by atoms with Gasteiger partial charge in [-0.2, -0.15) is 0 Å². The third-order valence-corrected chi connectivity index (χ3v) is 2.82. The first-order valence-electron chi connectivity index (χ1n) is 4.65. The third-order valence-electron chi connectivity index (χ3n) is 1.87. The highest BCUT2D eigenvalue weighted by Gasteiger charge is 2.13. The number of aromatic nitrogens is 1. The summed E-state index contributed by atoms with van der Waals surface area (Å²) >= 11 is 1.99. The van der Waals surface area contributed by atoms with E-state index in [0.717, 1.165) is 11.8 Å². The molecule has 0 saturated carbocycles. The van der Waals surface area contributed by atoms with Gasteiger partial charge in [0, 0.05) is 19.3 Å². The summed E-state index contributed by atoms with van der Waals surface area (Å²) in [6, 6.07) is 1.40. The van der Waals surface area contributed by atoms with Crippen LogP contribution in [0.2, 0.25) is 0 Å². The maximum absolute atomic E-state index is 12.8. The van der Waals surface area contributed by atoms with Crippen LogP contribution in [0.4, 0.5) is 4.39 Å². The van der Waals surface area contributed by atoms with E-state index in [1.165, 1.54) is 13.2 Å². The molecule has 1 heterocycles. The monoisotopic (exact) mass is 338 g/mol. The minimum Gasteiger partial charge on any atom is -0.468 e. The second-order valence-corrected chi connectivity index (χ2v) is 4.64. The number of hydrogen-bond donors (Lipinski definition) is 1. The van der Waals surface area contributed by atoms with Crippen LogP contribution in [0, 0.1) is 5.82 Å². The van der Waals surface area contributed by atoms with Gasteiger partial charge in [-0.15, -0.1) is 0 Å². The summed E-state index contributed by atoms with van der Waals surface area (Å²) in [6.07, 6.45) is 2.73. The van der Waals surface area contributed by atoms with E-state index in [9.17, 15) is 9.18 Å². The van der Waals surface area contributed by atoms with Crippen LogP contribution in [0.3, 0.4) is 0 Å². The van der Waals surface area contributed by atoms with Gasteiger partial charge < -0.3 is 10.1 Å². The van der Waals surface area contributed by atoms with Gasteiger partial charge >= 0.3 is 5.97 Å². The van der Waals surface area contributed by atoms with E-state index in [-0.39, 0.29) is 15.7 Å². The van der Waals surface area contributed by atoms with E-state index in [1.807, 2.05) is 22.6 Å². The number of hydrogen-bond acceptors (Lipinski definition) is 4. The first-order valence-corrected chi connectivity index (χ1v) is 5.90. The summed E-state index contributed by atoms with van der Waals surface area (Å²) in [5, 5.41) is 3.03. The Kier molecular flexibility index (Phi) is 5.61. The van der Waals surface area contributed by atoms with Crippen molar-refractivity contribution in [1.29, 1.82) is 0 Å². The van der Waals surface area contributed by atoms with E-state index in [0.29, 0.717) is 13.1 Å². The minimum absolute atomic E-state index is 0.246. The largest absolute Gasteiger partial charge is 0.468 e. The number of carbonyl (C=O) groups excluding carboxylic acids is 1. The van der Waals surface area contributed by atoms with Gasteiger partial charge in [0.1, 0.15) is 9.74 Å². The van der Waals surface area contributed by atoms with Crippen LogP contribution >= 0.6 is 22.6 Å². The minimum atomic E-state index is -0.363.